The van der Waals surface area contributed by atoms with Crippen molar-refractivity contribution in [3.63, 3.8) is 0 Å². The SMILES string of the molecule is Cc1ccc(NC2CCCNC2C)c(C#N)c1. The summed E-state index contributed by atoms with van der Waals surface area (Å²) in [4.78, 5) is 0. The number of piperidine rings is 1. The lowest BCUT2D eigenvalue weighted by atomic mass is 9.99. The fourth-order valence-electron chi connectivity index (χ4n) is 2.32. The summed E-state index contributed by atoms with van der Waals surface area (Å²) in [7, 11) is 0. The van der Waals surface area contributed by atoms with E-state index in [0.29, 0.717) is 12.1 Å². The van der Waals surface area contributed by atoms with Gasteiger partial charge in [0.05, 0.1) is 11.3 Å². The Morgan fingerprint density at radius 3 is 3.00 bits per heavy atom. The van der Waals surface area contributed by atoms with E-state index in [2.05, 4.69) is 23.6 Å². The van der Waals surface area contributed by atoms with Crippen molar-refractivity contribution in [2.24, 2.45) is 0 Å². The number of nitriles is 1. The number of anilines is 1. The number of nitrogens with zero attached hydrogens (tertiary/aromatic N) is 1. The van der Waals surface area contributed by atoms with Crippen molar-refractivity contribution in [3.8, 4) is 6.07 Å². The molecule has 0 bridgehead atoms. The molecule has 0 aromatic heterocycles. The van der Waals surface area contributed by atoms with Crippen LogP contribution in [0.5, 0.6) is 0 Å². The Bertz CT molecular complexity index is 434. The molecule has 1 saturated heterocycles. The van der Waals surface area contributed by atoms with Crippen LogP contribution in [0, 0.1) is 18.3 Å². The van der Waals surface area contributed by atoms with Crippen LogP contribution in [-0.4, -0.2) is 18.6 Å². The lowest BCUT2D eigenvalue weighted by Crippen LogP contribution is -2.46. The molecule has 2 rings (SSSR count). The number of hydrogen-bond donors (Lipinski definition) is 2. The molecular formula is C14H19N3. The molecule has 17 heavy (non-hydrogen) atoms. The number of hydrogen-bond acceptors (Lipinski definition) is 3. The molecule has 3 nitrogen and oxygen atoms in total. The molecule has 2 atom stereocenters. The minimum atomic E-state index is 0.415. The fraction of sp³-hybridized carbons (Fsp3) is 0.500. The first kappa shape index (κ1) is 11.9. The summed E-state index contributed by atoms with van der Waals surface area (Å²) in [6.07, 6.45) is 2.35. The molecule has 0 saturated carbocycles. The normalized spacial score (nSPS) is 24.1. The van der Waals surface area contributed by atoms with Gasteiger partial charge in [0.15, 0.2) is 0 Å². The summed E-state index contributed by atoms with van der Waals surface area (Å²) >= 11 is 0. The Morgan fingerprint density at radius 1 is 1.47 bits per heavy atom. The Balaban J connectivity index is 2.15. The lowest BCUT2D eigenvalue weighted by Gasteiger charge is -2.31. The molecule has 2 unspecified atom stereocenters. The molecule has 1 aliphatic heterocycles. The van der Waals surface area contributed by atoms with Crippen molar-refractivity contribution in [1.29, 1.82) is 5.26 Å². The van der Waals surface area contributed by atoms with Gasteiger partial charge in [-0.25, -0.2) is 0 Å². The maximum atomic E-state index is 9.13. The van der Waals surface area contributed by atoms with Crippen LogP contribution in [-0.2, 0) is 0 Å². The van der Waals surface area contributed by atoms with Gasteiger partial charge in [-0.1, -0.05) is 6.07 Å². The molecule has 0 radical (unpaired) electrons. The molecule has 1 aliphatic rings. The van der Waals surface area contributed by atoms with Gasteiger partial charge in [0.2, 0.25) is 0 Å². The van der Waals surface area contributed by atoms with Crippen molar-refractivity contribution in [2.45, 2.75) is 38.8 Å². The molecule has 0 spiro atoms. The summed E-state index contributed by atoms with van der Waals surface area (Å²) in [5.41, 5.74) is 2.82. The zero-order valence-corrected chi connectivity index (χ0v) is 10.5. The molecule has 1 heterocycles. The van der Waals surface area contributed by atoms with Crippen LogP contribution in [0.1, 0.15) is 30.9 Å². The van der Waals surface area contributed by atoms with Crippen LogP contribution in [0.4, 0.5) is 5.69 Å². The van der Waals surface area contributed by atoms with Crippen molar-refractivity contribution >= 4 is 5.69 Å². The highest BCUT2D eigenvalue weighted by Crippen LogP contribution is 2.20. The second-order valence-corrected chi connectivity index (χ2v) is 4.80. The van der Waals surface area contributed by atoms with E-state index in [4.69, 9.17) is 5.26 Å². The van der Waals surface area contributed by atoms with Gasteiger partial charge in [0.1, 0.15) is 6.07 Å². The highest BCUT2D eigenvalue weighted by atomic mass is 15.0. The van der Waals surface area contributed by atoms with Crippen molar-refractivity contribution in [3.05, 3.63) is 29.3 Å². The first-order chi connectivity index (χ1) is 8.20. The quantitative estimate of drug-likeness (QED) is 0.818. The van der Waals surface area contributed by atoms with E-state index in [1.54, 1.807) is 0 Å². The van der Waals surface area contributed by atoms with Crippen LogP contribution < -0.4 is 10.6 Å². The molecule has 1 fully saturated rings. The standard InChI is InChI=1S/C14H19N3/c1-10-5-6-14(12(8-10)9-15)17-13-4-3-7-16-11(13)2/h5-6,8,11,13,16-17H,3-4,7H2,1-2H3. The van der Waals surface area contributed by atoms with Crippen LogP contribution in [0.25, 0.3) is 0 Å². The van der Waals surface area contributed by atoms with Crippen LogP contribution in [0.15, 0.2) is 18.2 Å². The maximum Gasteiger partial charge on any atom is 0.101 e. The third-order valence-corrected chi connectivity index (χ3v) is 3.40. The van der Waals surface area contributed by atoms with E-state index in [0.717, 1.165) is 29.8 Å². The van der Waals surface area contributed by atoms with Crippen LogP contribution in [0.3, 0.4) is 0 Å². The number of benzene rings is 1. The highest BCUT2D eigenvalue weighted by molar-refractivity contribution is 5.59. The average molecular weight is 229 g/mol. The maximum absolute atomic E-state index is 9.13. The van der Waals surface area contributed by atoms with Gasteiger partial charge in [0.25, 0.3) is 0 Å². The first-order valence-electron chi connectivity index (χ1n) is 6.21. The molecule has 90 valence electrons. The third-order valence-electron chi connectivity index (χ3n) is 3.40. The molecule has 0 aliphatic carbocycles. The second kappa shape index (κ2) is 5.20. The minimum Gasteiger partial charge on any atom is -0.380 e. The summed E-state index contributed by atoms with van der Waals surface area (Å²) < 4.78 is 0. The van der Waals surface area contributed by atoms with Crippen LogP contribution in [0.2, 0.25) is 0 Å². The average Bonchev–Trinajstić information content (AvgIpc) is 2.34. The zero-order valence-electron chi connectivity index (χ0n) is 10.5. The van der Waals surface area contributed by atoms with E-state index in [-0.39, 0.29) is 0 Å². The smallest absolute Gasteiger partial charge is 0.101 e. The molecule has 1 aromatic carbocycles. The van der Waals surface area contributed by atoms with Crippen molar-refractivity contribution in [2.75, 3.05) is 11.9 Å². The first-order valence-corrected chi connectivity index (χ1v) is 6.21. The van der Waals surface area contributed by atoms with Gasteiger partial charge in [0, 0.05) is 12.1 Å². The molecule has 0 amide bonds. The Morgan fingerprint density at radius 2 is 2.29 bits per heavy atom. The van der Waals surface area contributed by atoms with Gasteiger partial charge in [-0.3, -0.25) is 0 Å². The lowest BCUT2D eigenvalue weighted by molar-refractivity contribution is 0.389. The topological polar surface area (TPSA) is 47.8 Å². The largest absolute Gasteiger partial charge is 0.380 e. The Labute approximate surface area is 103 Å². The molecular weight excluding hydrogens is 210 g/mol. The zero-order chi connectivity index (χ0) is 12.3. The molecule has 2 N–H and O–H groups in total. The van der Waals surface area contributed by atoms with Gasteiger partial charge in [-0.05, 0) is 50.9 Å². The van der Waals surface area contributed by atoms with Crippen molar-refractivity contribution < 1.29 is 0 Å². The summed E-state index contributed by atoms with van der Waals surface area (Å²) in [5.74, 6) is 0. The molecule has 1 aromatic rings. The number of nitrogens with one attached hydrogen (secondary N) is 2. The van der Waals surface area contributed by atoms with Crippen molar-refractivity contribution in [1.82, 2.24) is 5.32 Å². The van der Waals surface area contributed by atoms with E-state index < -0.39 is 0 Å². The Hall–Kier alpha value is -1.53. The third kappa shape index (κ3) is 2.78. The van der Waals surface area contributed by atoms with E-state index in [1.165, 1.54) is 6.42 Å². The molecule has 3 heteroatoms. The van der Waals surface area contributed by atoms with E-state index >= 15 is 0 Å². The predicted molar refractivity (Wildman–Crippen MR) is 70.0 cm³/mol. The monoisotopic (exact) mass is 229 g/mol. The number of aryl methyl sites for hydroxylation is 1. The minimum absolute atomic E-state index is 0.415. The predicted octanol–water partition coefficient (Wildman–Crippen LogP) is 2.42. The van der Waals surface area contributed by atoms with Crippen LogP contribution >= 0.6 is 0 Å². The highest BCUT2D eigenvalue weighted by Gasteiger charge is 2.21. The Kier molecular flexibility index (Phi) is 3.65. The van der Waals surface area contributed by atoms with E-state index in [9.17, 15) is 0 Å². The van der Waals surface area contributed by atoms with Gasteiger partial charge >= 0.3 is 0 Å². The van der Waals surface area contributed by atoms with E-state index in [1.807, 2.05) is 25.1 Å². The van der Waals surface area contributed by atoms with Gasteiger partial charge in [-0.2, -0.15) is 5.26 Å². The summed E-state index contributed by atoms with van der Waals surface area (Å²) in [6.45, 7) is 5.30. The summed E-state index contributed by atoms with van der Waals surface area (Å²) in [5, 5.41) is 16.1. The number of rotatable bonds is 2. The second-order valence-electron chi connectivity index (χ2n) is 4.80. The fourth-order valence-corrected chi connectivity index (χ4v) is 2.32. The van der Waals surface area contributed by atoms with Gasteiger partial charge < -0.3 is 10.6 Å². The summed E-state index contributed by atoms with van der Waals surface area (Å²) in [6, 6.07) is 9.12. The van der Waals surface area contributed by atoms with Gasteiger partial charge in [-0.15, -0.1) is 0 Å².